The second kappa shape index (κ2) is 7.05. The molecule has 2 aromatic rings. The van der Waals surface area contributed by atoms with Gasteiger partial charge in [0, 0.05) is 0 Å². The van der Waals surface area contributed by atoms with Gasteiger partial charge in [0.25, 0.3) is 0 Å². The first-order valence-corrected chi connectivity index (χ1v) is 14.4. The van der Waals surface area contributed by atoms with E-state index in [0.717, 1.165) is 0 Å². The van der Waals surface area contributed by atoms with Crippen molar-refractivity contribution >= 4 is 16.4 Å². The van der Waals surface area contributed by atoms with Gasteiger partial charge in [-0.3, -0.25) is 0 Å². The molecule has 0 saturated heterocycles. The highest BCUT2D eigenvalue weighted by Gasteiger charge is 2.51. The Morgan fingerprint density at radius 1 is 0.750 bits per heavy atom. The maximum Gasteiger partial charge on any atom is 0.211 e. The Morgan fingerprint density at radius 3 is 1.50 bits per heavy atom. The molecule has 24 heavy (non-hydrogen) atoms. The summed E-state index contributed by atoms with van der Waals surface area (Å²) >= 11 is 0. The fourth-order valence-electron chi connectivity index (χ4n) is 3.09. The van der Waals surface area contributed by atoms with Crippen LogP contribution in [0, 0.1) is 0 Å². The van der Waals surface area contributed by atoms with Gasteiger partial charge in [0.05, 0.1) is 5.22 Å². The van der Waals surface area contributed by atoms with E-state index >= 15 is 0 Å². The van der Waals surface area contributed by atoms with Crippen LogP contribution in [0.4, 0.5) is 0 Å². The minimum absolute atomic E-state index is 0.471. The lowest BCUT2D eigenvalue weighted by molar-refractivity contribution is 0.183. The van der Waals surface area contributed by atoms with Crippen LogP contribution in [0.15, 0.2) is 85.2 Å². The molecule has 0 aliphatic heterocycles. The molecule has 126 valence electrons. The van der Waals surface area contributed by atoms with E-state index in [-0.39, 0.29) is 0 Å². The van der Waals surface area contributed by atoms with E-state index in [0.29, 0.717) is 0 Å². The Bertz CT molecular complexity index is 651. The summed E-state index contributed by atoms with van der Waals surface area (Å²) in [4.78, 5) is 0. The molecule has 0 amide bonds. The Labute approximate surface area is 148 Å². The zero-order chi connectivity index (χ0) is 17.8. The van der Waals surface area contributed by atoms with Crippen molar-refractivity contribution in [1.29, 1.82) is 0 Å². The summed E-state index contributed by atoms with van der Waals surface area (Å²) in [5, 5.41) is -0.471. The number of benzene rings is 2. The molecular weight excluding hydrogens is 324 g/mol. The molecule has 0 N–H and O–H groups in total. The first-order chi connectivity index (χ1) is 11.3. The highest BCUT2D eigenvalue weighted by molar-refractivity contribution is 6.86. The zero-order valence-corrected chi connectivity index (χ0v) is 17.3. The fraction of sp³-hybridized carbons (Fsp3) is 0.238. The topological polar surface area (TPSA) is 9.23 Å². The van der Waals surface area contributed by atoms with Crippen LogP contribution in [-0.2, 0) is 9.65 Å². The average molecular weight is 353 g/mol. The maximum atomic E-state index is 7.01. The summed E-state index contributed by atoms with van der Waals surface area (Å²) in [6.07, 6.45) is 0. The molecule has 0 unspecified atom stereocenters. The molecule has 2 rings (SSSR count). The molecule has 0 fully saturated rings. The fourth-order valence-corrected chi connectivity index (χ4v) is 8.14. The Morgan fingerprint density at radius 2 is 1.17 bits per heavy atom. The van der Waals surface area contributed by atoms with Crippen LogP contribution in [0.5, 0.6) is 0 Å². The first-order valence-electron chi connectivity index (χ1n) is 8.37. The van der Waals surface area contributed by atoms with Crippen LogP contribution in [-0.4, -0.2) is 16.4 Å². The number of hydrogen-bond donors (Lipinski definition) is 0. The van der Waals surface area contributed by atoms with Gasteiger partial charge in [-0.1, -0.05) is 85.2 Å². The van der Waals surface area contributed by atoms with Crippen molar-refractivity contribution in [1.82, 2.24) is 0 Å². The van der Waals surface area contributed by atoms with Crippen LogP contribution in [0.2, 0.25) is 26.2 Å². The van der Waals surface area contributed by atoms with Crippen molar-refractivity contribution in [2.45, 2.75) is 31.4 Å². The van der Waals surface area contributed by atoms with E-state index in [9.17, 15) is 0 Å². The van der Waals surface area contributed by atoms with Gasteiger partial charge in [-0.05, 0) is 24.2 Å². The van der Waals surface area contributed by atoms with Crippen molar-refractivity contribution in [2.75, 3.05) is 0 Å². The summed E-state index contributed by atoms with van der Waals surface area (Å²) < 4.78 is 7.01. The molecular formula is C21H28OSi2. The van der Waals surface area contributed by atoms with Gasteiger partial charge in [0.1, 0.15) is 8.07 Å². The van der Waals surface area contributed by atoms with E-state index in [4.69, 9.17) is 4.43 Å². The lowest BCUT2D eigenvalue weighted by Crippen LogP contribution is -2.57. The van der Waals surface area contributed by atoms with Crippen LogP contribution < -0.4 is 0 Å². The molecule has 0 bridgehead atoms. The van der Waals surface area contributed by atoms with Crippen molar-refractivity contribution in [3.8, 4) is 0 Å². The van der Waals surface area contributed by atoms with Gasteiger partial charge in [-0.25, -0.2) is 0 Å². The van der Waals surface area contributed by atoms with Crippen LogP contribution in [0.1, 0.15) is 11.1 Å². The molecule has 0 aliphatic rings. The lowest BCUT2D eigenvalue weighted by Gasteiger charge is -2.48. The summed E-state index contributed by atoms with van der Waals surface area (Å²) in [7, 11) is -4.09. The molecule has 0 aliphatic carbocycles. The lowest BCUT2D eigenvalue weighted by atomic mass is 10.0. The third kappa shape index (κ3) is 3.38. The smallest absolute Gasteiger partial charge is 0.211 e. The van der Waals surface area contributed by atoms with E-state index in [1.54, 1.807) is 0 Å². The number of hydrogen-bond acceptors (Lipinski definition) is 1. The maximum absolute atomic E-state index is 7.01. The standard InChI is InChI=1S/C21H28OSi2/c1-7-23(3,4)21(22-24(5,6)8-2,19-15-11-9-12-16-19)20-17-13-10-14-18-20/h7-18H,1-2H2,3-6H3. The largest absolute Gasteiger partial charge is 0.403 e. The first kappa shape index (κ1) is 18.6. The average Bonchev–Trinajstić information content (AvgIpc) is 2.61. The summed E-state index contributed by atoms with van der Waals surface area (Å²) in [5.74, 6) is 0. The monoisotopic (exact) mass is 352 g/mol. The second-order valence-corrected chi connectivity index (χ2v) is 15.6. The Balaban J connectivity index is 2.83. The Kier molecular flexibility index (Phi) is 5.48. The predicted molar refractivity (Wildman–Crippen MR) is 110 cm³/mol. The second-order valence-electron chi connectivity index (χ2n) is 7.25. The van der Waals surface area contributed by atoms with Crippen LogP contribution in [0.3, 0.4) is 0 Å². The van der Waals surface area contributed by atoms with Gasteiger partial charge < -0.3 is 4.43 Å². The minimum atomic E-state index is -2.05. The van der Waals surface area contributed by atoms with Gasteiger partial charge in [-0.2, -0.15) is 0 Å². The molecule has 0 spiro atoms. The van der Waals surface area contributed by atoms with Crippen molar-refractivity contribution in [3.63, 3.8) is 0 Å². The quantitative estimate of drug-likeness (QED) is 0.568. The normalized spacial score (nSPS) is 12.7. The molecule has 2 aromatic carbocycles. The molecule has 0 heterocycles. The predicted octanol–water partition coefficient (Wildman–Crippen LogP) is 5.85. The SMILES string of the molecule is C=C[Si](C)(C)OC(c1ccccc1)(c1ccccc1)[Si](C)(C)C=C. The highest BCUT2D eigenvalue weighted by atomic mass is 28.4. The molecule has 0 atom stereocenters. The van der Waals surface area contributed by atoms with Gasteiger partial charge in [0.2, 0.25) is 8.32 Å². The molecule has 1 nitrogen and oxygen atoms in total. The van der Waals surface area contributed by atoms with Crippen molar-refractivity contribution < 1.29 is 4.43 Å². The van der Waals surface area contributed by atoms with Gasteiger partial charge >= 0.3 is 0 Å². The zero-order valence-electron chi connectivity index (χ0n) is 15.3. The summed E-state index contributed by atoms with van der Waals surface area (Å²) in [6, 6.07) is 21.2. The highest BCUT2D eigenvalue weighted by Crippen LogP contribution is 2.44. The van der Waals surface area contributed by atoms with E-state index in [1.165, 1.54) is 11.1 Å². The minimum Gasteiger partial charge on any atom is -0.403 e. The summed E-state index contributed by atoms with van der Waals surface area (Å²) in [6.45, 7) is 17.3. The van der Waals surface area contributed by atoms with Crippen LogP contribution in [0.25, 0.3) is 0 Å². The van der Waals surface area contributed by atoms with E-state index in [2.05, 4.69) is 106 Å². The van der Waals surface area contributed by atoms with E-state index < -0.39 is 21.6 Å². The summed E-state index contributed by atoms with van der Waals surface area (Å²) in [5.41, 5.74) is 6.56. The van der Waals surface area contributed by atoms with Gasteiger partial charge in [-0.15, -0.1) is 13.2 Å². The van der Waals surface area contributed by atoms with Crippen molar-refractivity contribution in [3.05, 3.63) is 96.3 Å². The molecule has 0 saturated carbocycles. The Hall–Kier alpha value is -1.69. The molecule has 0 aromatic heterocycles. The van der Waals surface area contributed by atoms with Crippen molar-refractivity contribution in [2.24, 2.45) is 0 Å². The molecule has 0 radical (unpaired) electrons. The van der Waals surface area contributed by atoms with Crippen LogP contribution >= 0.6 is 0 Å². The third-order valence-electron chi connectivity index (χ3n) is 4.69. The number of rotatable bonds is 7. The van der Waals surface area contributed by atoms with E-state index in [1.807, 2.05) is 5.70 Å². The van der Waals surface area contributed by atoms with Gasteiger partial charge in [0.15, 0.2) is 0 Å². The third-order valence-corrected chi connectivity index (χ3v) is 10.2. The molecule has 3 heteroatoms.